The molecular formula is C11H10ClF4NO3. The van der Waals surface area contributed by atoms with Crippen molar-refractivity contribution in [3.05, 3.63) is 23.3 Å². The quantitative estimate of drug-likeness (QED) is 0.363. The Morgan fingerprint density at radius 3 is 2.60 bits per heavy atom. The van der Waals surface area contributed by atoms with E-state index in [-0.39, 0.29) is 23.7 Å². The molecule has 9 heteroatoms. The summed E-state index contributed by atoms with van der Waals surface area (Å²) < 4.78 is 58.2. The fourth-order valence-electron chi connectivity index (χ4n) is 1.44. The topological polar surface area (TPSA) is 48.4 Å². The van der Waals surface area contributed by atoms with Gasteiger partial charge in [0.25, 0.3) is 0 Å². The SMILES string of the molecule is CCOC(=O)Cc1c(OC(F)(F)F)cc(F)nc1CCl. The molecule has 0 atom stereocenters. The number of esters is 1. The van der Waals surface area contributed by atoms with Gasteiger partial charge in [-0.3, -0.25) is 4.79 Å². The summed E-state index contributed by atoms with van der Waals surface area (Å²) in [6.07, 6.45) is -5.57. The van der Waals surface area contributed by atoms with Crippen LogP contribution in [0.2, 0.25) is 0 Å². The van der Waals surface area contributed by atoms with Crippen molar-refractivity contribution < 1.29 is 31.8 Å². The Labute approximate surface area is 116 Å². The normalized spacial score (nSPS) is 11.3. The van der Waals surface area contributed by atoms with Gasteiger partial charge in [-0.15, -0.1) is 24.8 Å². The number of carbonyl (C=O) groups is 1. The number of nitrogens with zero attached hydrogens (tertiary/aromatic N) is 1. The third-order valence-electron chi connectivity index (χ3n) is 2.12. The average molecular weight is 316 g/mol. The zero-order valence-electron chi connectivity index (χ0n) is 10.3. The summed E-state index contributed by atoms with van der Waals surface area (Å²) >= 11 is 5.49. The molecule has 1 aromatic rings. The fourth-order valence-corrected chi connectivity index (χ4v) is 1.66. The van der Waals surface area contributed by atoms with Crippen molar-refractivity contribution in [1.29, 1.82) is 0 Å². The van der Waals surface area contributed by atoms with Crippen LogP contribution >= 0.6 is 11.6 Å². The number of hydrogen-bond acceptors (Lipinski definition) is 4. The van der Waals surface area contributed by atoms with E-state index >= 15 is 0 Å². The number of pyridine rings is 1. The summed E-state index contributed by atoms with van der Waals surface area (Å²) in [5, 5.41) is 0. The predicted octanol–water partition coefficient (Wildman–Crippen LogP) is 2.96. The lowest BCUT2D eigenvalue weighted by Gasteiger charge is -2.15. The van der Waals surface area contributed by atoms with Gasteiger partial charge in [0.05, 0.1) is 24.6 Å². The third kappa shape index (κ3) is 4.84. The molecule has 112 valence electrons. The number of alkyl halides is 4. The number of hydrogen-bond donors (Lipinski definition) is 0. The lowest BCUT2D eigenvalue weighted by molar-refractivity contribution is -0.275. The smallest absolute Gasteiger partial charge is 0.466 e. The summed E-state index contributed by atoms with van der Waals surface area (Å²) in [6.45, 7) is 1.59. The van der Waals surface area contributed by atoms with Gasteiger partial charge in [0, 0.05) is 11.6 Å². The number of carbonyl (C=O) groups excluding carboxylic acids is 1. The lowest BCUT2D eigenvalue weighted by atomic mass is 10.1. The van der Waals surface area contributed by atoms with Crippen LogP contribution in [0.3, 0.4) is 0 Å². The predicted molar refractivity (Wildman–Crippen MR) is 60.8 cm³/mol. The first kappa shape index (κ1) is 16.5. The number of ether oxygens (including phenoxy) is 2. The molecule has 1 rings (SSSR count). The molecule has 0 amide bonds. The van der Waals surface area contributed by atoms with Gasteiger partial charge < -0.3 is 9.47 Å². The lowest BCUT2D eigenvalue weighted by Crippen LogP contribution is -2.20. The minimum Gasteiger partial charge on any atom is -0.466 e. The second kappa shape index (κ2) is 6.74. The van der Waals surface area contributed by atoms with Crippen LogP contribution in [0.4, 0.5) is 17.6 Å². The van der Waals surface area contributed by atoms with E-state index in [0.717, 1.165) is 0 Å². The van der Waals surface area contributed by atoms with Gasteiger partial charge in [-0.1, -0.05) is 0 Å². The molecule has 0 aliphatic heterocycles. The summed E-state index contributed by atoms with van der Waals surface area (Å²) in [6, 6.07) is 0.443. The molecule has 0 aliphatic carbocycles. The van der Waals surface area contributed by atoms with E-state index in [9.17, 15) is 22.4 Å². The van der Waals surface area contributed by atoms with Crippen molar-refractivity contribution in [2.45, 2.75) is 25.6 Å². The molecule has 1 heterocycles. The number of aromatic nitrogens is 1. The van der Waals surface area contributed by atoms with Crippen LogP contribution in [-0.2, 0) is 21.8 Å². The molecule has 0 spiro atoms. The average Bonchev–Trinajstić information content (AvgIpc) is 2.30. The maximum atomic E-state index is 13.1. The van der Waals surface area contributed by atoms with Gasteiger partial charge >= 0.3 is 12.3 Å². The van der Waals surface area contributed by atoms with Crippen LogP contribution in [0.5, 0.6) is 5.75 Å². The molecule has 0 saturated carbocycles. The highest BCUT2D eigenvalue weighted by atomic mass is 35.5. The highest BCUT2D eigenvalue weighted by Crippen LogP contribution is 2.30. The van der Waals surface area contributed by atoms with E-state index in [1.54, 1.807) is 0 Å². The monoisotopic (exact) mass is 315 g/mol. The van der Waals surface area contributed by atoms with Gasteiger partial charge in [0.2, 0.25) is 5.95 Å². The van der Waals surface area contributed by atoms with Crippen molar-refractivity contribution in [2.24, 2.45) is 0 Å². The largest absolute Gasteiger partial charge is 0.573 e. The molecule has 1 aromatic heterocycles. The molecule has 0 unspecified atom stereocenters. The molecule has 4 nitrogen and oxygen atoms in total. The zero-order chi connectivity index (χ0) is 15.3. The summed E-state index contributed by atoms with van der Waals surface area (Å²) in [4.78, 5) is 14.7. The first-order chi connectivity index (χ1) is 9.26. The Morgan fingerprint density at radius 2 is 2.10 bits per heavy atom. The third-order valence-corrected chi connectivity index (χ3v) is 2.37. The first-order valence-electron chi connectivity index (χ1n) is 5.42. The molecule has 20 heavy (non-hydrogen) atoms. The Kier molecular flexibility index (Phi) is 5.55. The molecule has 0 fully saturated rings. The van der Waals surface area contributed by atoms with E-state index < -0.39 is 30.4 Å². The summed E-state index contributed by atoms with van der Waals surface area (Å²) in [5.74, 6) is -3.21. The van der Waals surface area contributed by atoms with Gasteiger partial charge in [0.1, 0.15) is 5.75 Å². The minimum atomic E-state index is -5.03. The standard InChI is InChI=1S/C11H10ClF4NO3/c1-2-19-10(18)3-6-7(5-12)17-9(13)4-8(6)20-11(14,15)16/h4H,2-3,5H2,1H3. The number of halogens is 5. The molecule has 0 N–H and O–H groups in total. The van der Waals surface area contributed by atoms with Crippen molar-refractivity contribution in [2.75, 3.05) is 6.61 Å². The van der Waals surface area contributed by atoms with Gasteiger partial charge in [0.15, 0.2) is 0 Å². The second-order valence-electron chi connectivity index (χ2n) is 3.53. The van der Waals surface area contributed by atoms with E-state index in [4.69, 9.17) is 11.6 Å². The molecule has 0 aliphatic rings. The Balaban J connectivity index is 3.18. The van der Waals surface area contributed by atoms with Crippen molar-refractivity contribution >= 4 is 17.6 Å². The molecule has 0 bridgehead atoms. The van der Waals surface area contributed by atoms with Crippen LogP contribution in [0, 0.1) is 5.95 Å². The van der Waals surface area contributed by atoms with Crippen LogP contribution in [0.1, 0.15) is 18.2 Å². The molecule has 0 aromatic carbocycles. The maximum Gasteiger partial charge on any atom is 0.573 e. The molecule has 0 saturated heterocycles. The van der Waals surface area contributed by atoms with E-state index in [0.29, 0.717) is 6.07 Å². The van der Waals surface area contributed by atoms with E-state index in [2.05, 4.69) is 14.5 Å². The highest BCUT2D eigenvalue weighted by molar-refractivity contribution is 6.17. The van der Waals surface area contributed by atoms with Crippen molar-refractivity contribution in [1.82, 2.24) is 4.98 Å². The van der Waals surface area contributed by atoms with Crippen LogP contribution in [-0.4, -0.2) is 23.9 Å². The Bertz CT molecular complexity index is 493. The summed E-state index contributed by atoms with van der Waals surface area (Å²) in [5.41, 5.74) is -0.462. The highest BCUT2D eigenvalue weighted by Gasteiger charge is 2.33. The second-order valence-corrected chi connectivity index (χ2v) is 3.80. The zero-order valence-corrected chi connectivity index (χ0v) is 11.0. The van der Waals surface area contributed by atoms with E-state index in [1.165, 1.54) is 6.92 Å². The van der Waals surface area contributed by atoms with Crippen molar-refractivity contribution in [3.63, 3.8) is 0 Å². The fraction of sp³-hybridized carbons (Fsp3) is 0.455. The Morgan fingerprint density at radius 1 is 1.45 bits per heavy atom. The minimum absolute atomic E-state index is 0.0547. The van der Waals surface area contributed by atoms with Crippen LogP contribution in [0.15, 0.2) is 6.07 Å². The number of rotatable bonds is 5. The molecule has 0 radical (unpaired) electrons. The van der Waals surface area contributed by atoms with Crippen molar-refractivity contribution in [3.8, 4) is 5.75 Å². The van der Waals surface area contributed by atoms with Crippen LogP contribution in [0.25, 0.3) is 0 Å². The van der Waals surface area contributed by atoms with Crippen LogP contribution < -0.4 is 4.74 Å². The first-order valence-corrected chi connectivity index (χ1v) is 5.96. The van der Waals surface area contributed by atoms with E-state index in [1.807, 2.05) is 0 Å². The maximum absolute atomic E-state index is 13.1. The summed E-state index contributed by atoms with van der Waals surface area (Å²) in [7, 11) is 0. The Hall–Kier alpha value is -1.57. The van der Waals surface area contributed by atoms with Gasteiger partial charge in [-0.2, -0.15) is 4.39 Å². The van der Waals surface area contributed by atoms with Gasteiger partial charge in [-0.25, -0.2) is 4.98 Å². The molecular weight excluding hydrogens is 306 g/mol. The van der Waals surface area contributed by atoms with Gasteiger partial charge in [-0.05, 0) is 6.92 Å².